The van der Waals surface area contributed by atoms with E-state index in [0.29, 0.717) is 6.07 Å². The molecule has 0 aliphatic rings. The Morgan fingerprint density at radius 3 is 2.55 bits per heavy atom. The molecule has 1 rings (SSSR count). The third-order valence-corrected chi connectivity index (χ3v) is 2.41. The number of ether oxygens (including phenoxy) is 1. The van der Waals surface area contributed by atoms with Crippen LogP contribution in [-0.2, 0) is 9.53 Å². The first kappa shape index (κ1) is 18.3. The summed E-state index contributed by atoms with van der Waals surface area (Å²) in [7, 11) is 0. The van der Waals surface area contributed by atoms with Crippen LogP contribution in [0.2, 0.25) is 0 Å². The quantitative estimate of drug-likeness (QED) is 0.446. The van der Waals surface area contributed by atoms with Gasteiger partial charge in [-0.05, 0) is 13.0 Å². The molecule has 0 unspecified atom stereocenters. The van der Waals surface area contributed by atoms with E-state index < -0.39 is 40.8 Å². The smallest absolute Gasteiger partial charge is 0.379 e. The maximum atomic E-state index is 13.7. The van der Waals surface area contributed by atoms with Gasteiger partial charge in [0.1, 0.15) is 17.6 Å². The van der Waals surface area contributed by atoms with Crippen molar-refractivity contribution >= 4 is 24.1 Å². The van der Waals surface area contributed by atoms with Crippen molar-refractivity contribution in [1.82, 2.24) is 0 Å². The van der Waals surface area contributed by atoms with E-state index >= 15 is 0 Å². The molecular weight excluding hydrogens is 301 g/mol. The zero-order valence-electron chi connectivity index (χ0n) is 10.4. The van der Waals surface area contributed by atoms with E-state index in [9.17, 15) is 23.1 Å². The van der Waals surface area contributed by atoms with E-state index in [-0.39, 0.29) is 19.0 Å². The third-order valence-electron chi connectivity index (χ3n) is 2.41. The molecular formula is C11H14ClF3N2O3. The second-order valence-corrected chi connectivity index (χ2v) is 3.75. The molecule has 5 nitrogen and oxygen atoms in total. The van der Waals surface area contributed by atoms with Crippen molar-refractivity contribution in [2.75, 3.05) is 12.3 Å². The molecule has 0 saturated carbocycles. The molecule has 0 aromatic heterocycles. The Morgan fingerprint density at radius 1 is 1.50 bits per heavy atom. The topological polar surface area (TPSA) is 98.6 Å². The van der Waals surface area contributed by atoms with Gasteiger partial charge in [0.15, 0.2) is 0 Å². The van der Waals surface area contributed by atoms with Crippen LogP contribution < -0.4 is 11.5 Å². The number of halogens is 4. The van der Waals surface area contributed by atoms with Crippen LogP contribution in [0.25, 0.3) is 0 Å². The van der Waals surface area contributed by atoms with Crippen LogP contribution in [-0.4, -0.2) is 23.6 Å². The number of alkyl halides is 2. The number of hydrogen-bond acceptors (Lipinski definition) is 5. The summed E-state index contributed by atoms with van der Waals surface area (Å²) in [4.78, 5) is 11.1. The summed E-state index contributed by atoms with van der Waals surface area (Å²) in [6.07, 6.45) is 0. The van der Waals surface area contributed by atoms with Crippen molar-refractivity contribution in [3.63, 3.8) is 0 Å². The van der Waals surface area contributed by atoms with Gasteiger partial charge in [-0.3, -0.25) is 0 Å². The lowest BCUT2D eigenvalue weighted by Crippen LogP contribution is -2.41. The highest BCUT2D eigenvalue weighted by Gasteiger charge is 2.48. The average Bonchev–Trinajstić information content (AvgIpc) is 2.33. The van der Waals surface area contributed by atoms with E-state index in [4.69, 9.17) is 11.5 Å². The van der Waals surface area contributed by atoms with Crippen LogP contribution in [0, 0.1) is 5.82 Å². The van der Waals surface area contributed by atoms with Crippen molar-refractivity contribution in [2.24, 2.45) is 5.73 Å². The minimum atomic E-state index is -4.12. The summed E-state index contributed by atoms with van der Waals surface area (Å²) < 4.78 is 44.6. The van der Waals surface area contributed by atoms with Crippen LogP contribution in [0.4, 0.5) is 18.9 Å². The summed E-state index contributed by atoms with van der Waals surface area (Å²) in [6.45, 7) is 1.08. The predicted molar refractivity (Wildman–Crippen MR) is 68.2 cm³/mol. The highest BCUT2D eigenvalue weighted by atomic mass is 35.5. The van der Waals surface area contributed by atoms with E-state index in [1.54, 1.807) is 0 Å². The Bertz CT molecular complexity index is 500. The molecule has 5 N–H and O–H groups in total. The van der Waals surface area contributed by atoms with Gasteiger partial charge in [0, 0.05) is 11.6 Å². The number of esters is 1. The molecule has 0 radical (unpaired) electrons. The van der Waals surface area contributed by atoms with Crippen molar-refractivity contribution in [3.05, 3.63) is 23.5 Å². The highest BCUT2D eigenvalue weighted by Crippen LogP contribution is 2.38. The molecule has 0 saturated heterocycles. The Labute approximate surface area is 119 Å². The number of nitrogens with two attached hydrogens (primary N) is 2. The number of aromatic hydroxyl groups is 1. The number of rotatable bonds is 4. The minimum Gasteiger partial charge on any atom is -0.505 e. The normalized spacial score (nSPS) is 12.4. The zero-order valence-corrected chi connectivity index (χ0v) is 11.2. The molecule has 0 heterocycles. The molecule has 0 bridgehead atoms. The third kappa shape index (κ3) is 3.45. The van der Waals surface area contributed by atoms with E-state index in [1.165, 1.54) is 6.92 Å². The predicted octanol–water partition coefficient (Wildman–Crippen LogP) is 1.73. The first-order valence-corrected chi connectivity index (χ1v) is 5.30. The summed E-state index contributed by atoms with van der Waals surface area (Å²) in [5, 5.41) is 9.51. The lowest BCUT2D eigenvalue weighted by Gasteiger charge is -2.23. The number of benzene rings is 1. The van der Waals surface area contributed by atoms with Crippen LogP contribution in [0.5, 0.6) is 5.75 Å². The van der Waals surface area contributed by atoms with Gasteiger partial charge in [-0.1, -0.05) is 0 Å². The van der Waals surface area contributed by atoms with Crippen molar-refractivity contribution in [2.45, 2.75) is 18.9 Å². The molecule has 1 aromatic rings. The largest absolute Gasteiger partial charge is 0.505 e. The Balaban J connectivity index is 0.00000361. The van der Waals surface area contributed by atoms with Gasteiger partial charge in [-0.15, -0.1) is 12.4 Å². The molecule has 0 fully saturated rings. The number of anilines is 1. The summed E-state index contributed by atoms with van der Waals surface area (Å²) >= 11 is 0. The van der Waals surface area contributed by atoms with Crippen molar-refractivity contribution in [1.29, 1.82) is 0 Å². The first-order chi connectivity index (χ1) is 8.71. The summed E-state index contributed by atoms with van der Waals surface area (Å²) in [6, 6.07) is -0.943. The fourth-order valence-corrected chi connectivity index (χ4v) is 1.43. The van der Waals surface area contributed by atoms with Crippen molar-refractivity contribution in [3.8, 4) is 5.75 Å². The SMILES string of the molecule is CCOC(=O)C(F)(F)[C@@H](N)c1cc(F)cc(N)c1O.Cl. The molecule has 0 spiro atoms. The Hall–Kier alpha value is -1.67. The van der Waals surface area contributed by atoms with Crippen LogP contribution in [0.1, 0.15) is 18.5 Å². The number of phenolic OH excluding ortho intramolecular Hbond substituents is 1. The highest BCUT2D eigenvalue weighted by molar-refractivity contribution is 5.85. The monoisotopic (exact) mass is 314 g/mol. The maximum Gasteiger partial charge on any atom is 0.379 e. The minimum absolute atomic E-state index is 0. The van der Waals surface area contributed by atoms with Crippen LogP contribution in [0.3, 0.4) is 0 Å². The van der Waals surface area contributed by atoms with Gasteiger partial charge in [0.25, 0.3) is 0 Å². The molecule has 1 atom stereocenters. The number of phenols is 1. The number of carbonyl (C=O) groups is 1. The van der Waals surface area contributed by atoms with Gasteiger partial charge >= 0.3 is 11.9 Å². The van der Waals surface area contributed by atoms with Crippen LogP contribution in [0.15, 0.2) is 12.1 Å². The van der Waals surface area contributed by atoms with Gasteiger partial charge in [0.05, 0.1) is 12.3 Å². The standard InChI is InChI=1S/C11H13F3N2O3.ClH/c1-2-19-10(18)11(13,14)9(16)6-3-5(12)4-7(15)8(6)17;/h3-4,9,17H,2,15-16H2,1H3;1H/t9-;/m0./s1. The number of hydrogen-bond donors (Lipinski definition) is 3. The van der Waals surface area contributed by atoms with Gasteiger partial charge < -0.3 is 21.3 Å². The first-order valence-electron chi connectivity index (χ1n) is 5.30. The zero-order chi connectivity index (χ0) is 14.8. The second kappa shape index (κ2) is 6.67. The molecule has 20 heavy (non-hydrogen) atoms. The average molecular weight is 315 g/mol. The molecule has 0 aliphatic heterocycles. The molecule has 114 valence electrons. The summed E-state index contributed by atoms with van der Waals surface area (Å²) in [5.74, 6) is -7.73. The molecule has 1 aromatic carbocycles. The second-order valence-electron chi connectivity index (χ2n) is 3.75. The lowest BCUT2D eigenvalue weighted by atomic mass is 9.99. The van der Waals surface area contributed by atoms with Gasteiger partial charge in [0.2, 0.25) is 0 Å². The lowest BCUT2D eigenvalue weighted by molar-refractivity contribution is -0.174. The fourth-order valence-electron chi connectivity index (χ4n) is 1.43. The van der Waals surface area contributed by atoms with E-state index in [0.717, 1.165) is 6.07 Å². The van der Waals surface area contributed by atoms with E-state index in [2.05, 4.69) is 4.74 Å². The summed E-state index contributed by atoms with van der Waals surface area (Å²) in [5.41, 5.74) is 9.32. The molecule has 0 amide bonds. The van der Waals surface area contributed by atoms with Gasteiger partial charge in [-0.2, -0.15) is 8.78 Å². The Kier molecular flexibility index (Phi) is 6.11. The number of nitrogen functional groups attached to an aromatic ring is 1. The van der Waals surface area contributed by atoms with Crippen LogP contribution >= 0.6 is 12.4 Å². The molecule has 0 aliphatic carbocycles. The Morgan fingerprint density at radius 2 is 2.05 bits per heavy atom. The van der Waals surface area contributed by atoms with E-state index in [1.807, 2.05) is 0 Å². The maximum absolute atomic E-state index is 13.7. The van der Waals surface area contributed by atoms with Gasteiger partial charge in [-0.25, -0.2) is 9.18 Å². The number of carbonyl (C=O) groups excluding carboxylic acids is 1. The molecule has 9 heteroatoms. The fraction of sp³-hybridized carbons (Fsp3) is 0.364. The van der Waals surface area contributed by atoms with Crippen molar-refractivity contribution < 1.29 is 27.8 Å².